The summed E-state index contributed by atoms with van der Waals surface area (Å²) in [7, 11) is 0. The second-order valence-corrected chi connectivity index (χ2v) is 4.80. The van der Waals surface area contributed by atoms with Gasteiger partial charge in [-0.3, -0.25) is 4.79 Å². The molecule has 0 aromatic carbocycles. The summed E-state index contributed by atoms with van der Waals surface area (Å²) in [5.41, 5.74) is 5.37. The predicted octanol–water partition coefficient (Wildman–Crippen LogP) is 1.75. The van der Waals surface area contributed by atoms with Crippen molar-refractivity contribution in [1.82, 2.24) is 0 Å². The van der Waals surface area contributed by atoms with Crippen LogP contribution in [0.4, 0.5) is 0 Å². The topological polar surface area (TPSA) is 52.3 Å². The van der Waals surface area contributed by atoms with Gasteiger partial charge in [0, 0.05) is 31.6 Å². The van der Waals surface area contributed by atoms with Gasteiger partial charge in [-0.1, -0.05) is 13.8 Å². The molecule has 3 nitrogen and oxygen atoms in total. The Morgan fingerprint density at radius 3 is 2.53 bits per heavy atom. The Bertz CT molecular complexity index is 206. The molecule has 1 unspecified atom stereocenters. The quantitative estimate of drug-likeness (QED) is 0.757. The Morgan fingerprint density at radius 1 is 1.47 bits per heavy atom. The van der Waals surface area contributed by atoms with Gasteiger partial charge in [-0.25, -0.2) is 0 Å². The first-order valence-electron chi connectivity index (χ1n) is 5.93. The van der Waals surface area contributed by atoms with E-state index in [1.807, 2.05) is 13.8 Å². The molecule has 1 atom stereocenters. The molecule has 88 valence electrons. The van der Waals surface area contributed by atoms with Gasteiger partial charge < -0.3 is 10.5 Å². The monoisotopic (exact) mass is 213 g/mol. The maximum Gasteiger partial charge on any atom is 0.140 e. The first kappa shape index (κ1) is 12.7. The van der Waals surface area contributed by atoms with Gasteiger partial charge in [-0.2, -0.15) is 0 Å². The lowest BCUT2D eigenvalue weighted by Crippen LogP contribution is -2.36. The normalized spacial score (nSPS) is 22.3. The highest BCUT2D eigenvalue weighted by Gasteiger charge is 2.31. The first-order chi connectivity index (χ1) is 7.12. The van der Waals surface area contributed by atoms with Gasteiger partial charge in [0.2, 0.25) is 0 Å². The van der Waals surface area contributed by atoms with Gasteiger partial charge in [-0.05, 0) is 25.2 Å². The molecule has 1 rings (SSSR count). The van der Waals surface area contributed by atoms with Crippen LogP contribution in [0.15, 0.2) is 0 Å². The number of Topliss-reactive ketones (excluding diaryl/α,β-unsaturated/α-hetero) is 1. The highest BCUT2D eigenvalue weighted by Crippen LogP contribution is 2.27. The Balaban J connectivity index is 2.45. The zero-order valence-electron chi connectivity index (χ0n) is 9.92. The zero-order valence-corrected chi connectivity index (χ0v) is 9.92. The lowest BCUT2D eigenvalue weighted by Gasteiger charge is -2.28. The van der Waals surface area contributed by atoms with E-state index in [-0.39, 0.29) is 5.41 Å². The van der Waals surface area contributed by atoms with Crippen molar-refractivity contribution >= 4 is 5.78 Å². The van der Waals surface area contributed by atoms with E-state index >= 15 is 0 Å². The van der Waals surface area contributed by atoms with Gasteiger partial charge in [0.1, 0.15) is 5.78 Å². The van der Waals surface area contributed by atoms with Gasteiger partial charge in [0.15, 0.2) is 0 Å². The highest BCUT2D eigenvalue weighted by atomic mass is 16.5. The van der Waals surface area contributed by atoms with E-state index in [9.17, 15) is 4.79 Å². The summed E-state index contributed by atoms with van der Waals surface area (Å²) in [4.78, 5) is 12.1. The van der Waals surface area contributed by atoms with Crippen molar-refractivity contribution < 1.29 is 9.53 Å². The molecule has 0 saturated carbocycles. The third-order valence-corrected chi connectivity index (χ3v) is 3.72. The molecule has 1 heterocycles. The molecular weight excluding hydrogens is 190 g/mol. The van der Waals surface area contributed by atoms with Crippen LogP contribution in [0.2, 0.25) is 0 Å². The molecule has 1 saturated heterocycles. The van der Waals surface area contributed by atoms with Gasteiger partial charge in [0.05, 0.1) is 0 Å². The molecule has 0 radical (unpaired) electrons. The fourth-order valence-corrected chi connectivity index (χ4v) is 1.91. The minimum Gasteiger partial charge on any atom is -0.381 e. The number of ketones is 1. The fraction of sp³-hybridized carbons (Fsp3) is 0.917. The third kappa shape index (κ3) is 3.28. The smallest absolute Gasteiger partial charge is 0.140 e. The second kappa shape index (κ2) is 5.61. The van der Waals surface area contributed by atoms with Crippen LogP contribution in [0.1, 0.15) is 39.5 Å². The summed E-state index contributed by atoms with van der Waals surface area (Å²) in [6, 6.07) is 0. The summed E-state index contributed by atoms with van der Waals surface area (Å²) in [6.45, 7) is 6.10. The standard InChI is InChI=1S/C12H23NO2/c1-3-12(2,9-13)11(14)8-10-4-6-15-7-5-10/h10H,3-9,13H2,1-2H3. The molecule has 3 heteroatoms. The van der Waals surface area contributed by atoms with E-state index in [0.29, 0.717) is 24.7 Å². The molecular formula is C12H23NO2. The van der Waals surface area contributed by atoms with Gasteiger partial charge in [-0.15, -0.1) is 0 Å². The maximum absolute atomic E-state index is 12.1. The van der Waals surface area contributed by atoms with E-state index in [0.717, 1.165) is 32.5 Å². The van der Waals surface area contributed by atoms with Crippen LogP contribution in [-0.4, -0.2) is 25.5 Å². The summed E-state index contributed by atoms with van der Waals surface area (Å²) in [5.74, 6) is 0.850. The third-order valence-electron chi connectivity index (χ3n) is 3.72. The molecule has 1 aliphatic heterocycles. The number of carbonyl (C=O) groups excluding carboxylic acids is 1. The van der Waals surface area contributed by atoms with Crippen LogP contribution in [0.25, 0.3) is 0 Å². The minimum atomic E-state index is -0.307. The predicted molar refractivity (Wildman–Crippen MR) is 60.6 cm³/mol. The van der Waals surface area contributed by atoms with Crippen molar-refractivity contribution in [2.24, 2.45) is 17.1 Å². The van der Waals surface area contributed by atoms with Gasteiger partial charge >= 0.3 is 0 Å². The average Bonchev–Trinajstić information content (AvgIpc) is 2.29. The SMILES string of the molecule is CCC(C)(CN)C(=O)CC1CCOCC1. The Hall–Kier alpha value is -0.410. The molecule has 1 fully saturated rings. The van der Waals surface area contributed by atoms with Crippen LogP contribution in [0, 0.1) is 11.3 Å². The summed E-state index contributed by atoms with van der Waals surface area (Å²) >= 11 is 0. The van der Waals surface area contributed by atoms with E-state index in [1.165, 1.54) is 0 Å². The van der Waals surface area contributed by atoms with Crippen LogP contribution in [-0.2, 0) is 9.53 Å². The molecule has 1 aliphatic rings. The number of rotatable bonds is 5. The average molecular weight is 213 g/mol. The van der Waals surface area contributed by atoms with Crippen LogP contribution < -0.4 is 5.73 Å². The number of nitrogens with two attached hydrogens (primary N) is 1. The molecule has 0 spiro atoms. The Morgan fingerprint density at radius 2 is 2.07 bits per heavy atom. The number of hydrogen-bond acceptors (Lipinski definition) is 3. The van der Waals surface area contributed by atoms with E-state index in [1.54, 1.807) is 0 Å². The maximum atomic E-state index is 12.1. The molecule has 2 N–H and O–H groups in total. The molecule has 0 aliphatic carbocycles. The van der Waals surface area contributed by atoms with E-state index < -0.39 is 0 Å². The zero-order chi connectivity index (χ0) is 11.3. The van der Waals surface area contributed by atoms with Crippen molar-refractivity contribution in [3.05, 3.63) is 0 Å². The van der Waals surface area contributed by atoms with Crippen LogP contribution in [0.3, 0.4) is 0 Å². The summed E-state index contributed by atoms with van der Waals surface area (Å²) in [5, 5.41) is 0. The second-order valence-electron chi connectivity index (χ2n) is 4.80. The number of carbonyl (C=O) groups is 1. The van der Waals surface area contributed by atoms with Crippen molar-refractivity contribution in [3.63, 3.8) is 0 Å². The first-order valence-corrected chi connectivity index (χ1v) is 5.93. The molecule has 0 aromatic heterocycles. The lowest BCUT2D eigenvalue weighted by atomic mass is 9.78. The Labute approximate surface area is 92.4 Å². The van der Waals surface area contributed by atoms with Crippen molar-refractivity contribution in [1.29, 1.82) is 0 Å². The molecule has 15 heavy (non-hydrogen) atoms. The summed E-state index contributed by atoms with van der Waals surface area (Å²) < 4.78 is 5.28. The molecule has 0 bridgehead atoms. The minimum absolute atomic E-state index is 0.307. The largest absolute Gasteiger partial charge is 0.381 e. The van der Waals surface area contributed by atoms with Crippen molar-refractivity contribution in [3.8, 4) is 0 Å². The fourth-order valence-electron chi connectivity index (χ4n) is 1.91. The highest BCUT2D eigenvalue weighted by molar-refractivity contribution is 5.84. The number of hydrogen-bond donors (Lipinski definition) is 1. The number of ether oxygens (including phenoxy) is 1. The molecule has 0 amide bonds. The Kier molecular flexibility index (Phi) is 4.74. The molecule has 0 aromatic rings. The van der Waals surface area contributed by atoms with Gasteiger partial charge in [0.25, 0.3) is 0 Å². The van der Waals surface area contributed by atoms with E-state index in [2.05, 4.69) is 0 Å². The van der Waals surface area contributed by atoms with Crippen LogP contribution in [0.5, 0.6) is 0 Å². The van der Waals surface area contributed by atoms with E-state index in [4.69, 9.17) is 10.5 Å². The summed E-state index contributed by atoms with van der Waals surface area (Å²) in [6.07, 6.45) is 3.57. The van der Waals surface area contributed by atoms with Crippen LogP contribution >= 0.6 is 0 Å². The van der Waals surface area contributed by atoms with Crippen molar-refractivity contribution in [2.75, 3.05) is 19.8 Å². The van der Waals surface area contributed by atoms with Crippen molar-refractivity contribution in [2.45, 2.75) is 39.5 Å². The lowest BCUT2D eigenvalue weighted by molar-refractivity contribution is -0.129.